The van der Waals surface area contributed by atoms with Crippen LogP contribution >= 0.6 is 0 Å². The summed E-state index contributed by atoms with van der Waals surface area (Å²) < 4.78 is 29.1. The Kier molecular flexibility index (Phi) is 5.39. The summed E-state index contributed by atoms with van der Waals surface area (Å²) in [7, 11) is 1.83. The molecule has 0 saturated carbocycles. The Balaban J connectivity index is 1.73. The second-order valence-electron chi connectivity index (χ2n) is 7.68. The smallest absolute Gasteiger partial charge is 0.257 e. The van der Waals surface area contributed by atoms with E-state index in [2.05, 4.69) is 20.2 Å². The number of fused-ring (bicyclic) bond motifs is 1. The van der Waals surface area contributed by atoms with E-state index in [1.54, 1.807) is 17.1 Å². The van der Waals surface area contributed by atoms with Crippen LogP contribution in [0.25, 0.3) is 44.5 Å². The molecule has 9 heteroatoms. The molecule has 33 heavy (non-hydrogen) atoms. The predicted molar refractivity (Wildman–Crippen MR) is 120 cm³/mol. The maximum atomic E-state index is 13.1. The Bertz CT molecular complexity index is 1430. The van der Waals surface area contributed by atoms with Gasteiger partial charge in [0.1, 0.15) is 18.6 Å². The van der Waals surface area contributed by atoms with E-state index in [-0.39, 0.29) is 6.61 Å². The highest BCUT2D eigenvalue weighted by Gasteiger charge is 2.20. The van der Waals surface area contributed by atoms with Crippen LogP contribution in [0.5, 0.6) is 0 Å². The molecular formula is C24H20F2N6O. The summed E-state index contributed by atoms with van der Waals surface area (Å²) in [4.78, 5) is 8.91. The molecule has 7 nitrogen and oxygen atoms in total. The molecule has 0 aliphatic rings. The van der Waals surface area contributed by atoms with Gasteiger partial charge in [0.25, 0.3) is 6.43 Å². The Hall–Kier alpha value is -3.98. The summed E-state index contributed by atoms with van der Waals surface area (Å²) in [5.41, 5.74) is 5.56. The van der Waals surface area contributed by atoms with Gasteiger partial charge >= 0.3 is 0 Å². The number of halogens is 2. The third kappa shape index (κ3) is 3.98. The lowest BCUT2D eigenvalue weighted by Gasteiger charge is -2.11. The molecule has 5 aromatic rings. The lowest BCUT2D eigenvalue weighted by molar-refractivity contribution is 0.122. The molecule has 0 atom stereocenters. The maximum absolute atomic E-state index is 13.1. The quantitative estimate of drug-likeness (QED) is 0.420. The Morgan fingerprint density at radius 3 is 2.48 bits per heavy atom. The lowest BCUT2D eigenvalue weighted by Crippen LogP contribution is -2.06. The van der Waals surface area contributed by atoms with Crippen LogP contribution in [0.3, 0.4) is 0 Å². The first-order valence-electron chi connectivity index (χ1n) is 10.3. The highest BCUT2D eigenvalue weighted by atomic mass is 19.3. The standard InChI is InChI=1S/C24H20F2N6O/c1-31-10-17(9-29-31)18-8-21-19(7-16(18)13-33)24(28-14-27-21)20-11-32(12-22(25)26)30-23(20)15-5-3-2-4-6-15/h2-11,14,22,33H,12-13H2,1H3. The topological polar surface area (TPSA) is 81.7 Å². The zero-order chi connectivity index (χ0) is 22.9. The Morgan fingerprint density at radius 1 is 0.970 bits per heavy atom. The summed E-state index contributed by atoms with van der Waals surface area (Å²) >= 11 is 0. The SMILES string of the molecule is Cn1cc(-c2cc3ncnc(-c4cn(CC(F)F)nc4-c4ccccc4)c3cc2CO)cn1. The van der Waals surface area contributed by atoms with Gasteiger partial charge in [-0.2, -0.15) is 10.2 Å². The number of nitrogens with zero attached hydrogens (tertiary/aromatic N) is 6. The van der Waals surface area contributed by atoms with E-state index in [0.29, 0.717) is 33.4 Å². The Morgan fingerprint density at radius 2 is 1.79 bits per heavy atom. The number of aliphatic hydroxyl groups excluding tert-OH is 1. The van der Waals surface area contributed by atoms with Gasteiger partial charge in [-0.1, -0.05) is 30.3 Å². The molecule has 1 N–H and O–H groups in total. The summed E-state index contributed by atoms with van der Waals surface area (Å²) in [6.45, 7) is -0.708. The summed E-state index contributed by atoms with van der Waals surface area (Å²) in [6, 6.07) is 13.1. The number of aliphatic hydroxyl groups is 1. The molecular weight excluding hydrogens is 426 g/mol. The van der Waals surface area contributed by atoms with E-state index < -0.39 is 13.0 Å². The van der Waals surface area contributed by atoms with Crippen LogP contribution in [0.2, 0.25) is 0 Å². The molecule has 0 fully saturated rings. The second kappa shape index (κ2) is 8.51. The minimum absolute atomic E-state index is 0.190. The van der Waals surface area contributed by atoms with Crippen molar-refractivity contribution in [3.8, 4) is 33.6 Å². The third-order valence-electron chi connectivity index (χ3n) is 5.44. The van der Waals surface area contributed by atoms with Crippen LogP contribution in [0, 0.1) is 0 Å². The van der Waals surface area contributed by atoms with Crippen LogP contribution in [-0.4, -0.2) is 41.1 Å². The van der Waals surface area contributed by atoms with E-state index in [0.717, 1.165) is 16.7 Å². The zero-order valence-electron chi connectivity index (χ0n) is 17.7. The first-order chi connectivity index (χ1) is 16.0. The molecule has 0 aliphatic heterocycles. The van der Waals surface area contributed by atoms with Crippen LogP contribution in [0.1, 0.15) is 5.56 Å². The van der Waals surface area contributed by atoms with Crippen molar-refractivity contribution in [2.75, 3.05) is 0 Å². The van der Waals surface area contributed by atoms with Gasteiger partial charge in [-0.05, 0) is 23.3 Å². The molecule has 0 aliphatic carbocycles. The summed E-state index contributed by atoms with van der Waals surface area (Å²) in [5.74, 6) is 0. The first kappa shape index (κ1) is 20.9. The van der Waals surface area contributed by atoms with Crippen molar-refractivity contribution < 1.29 is 13.9 Å². The largest absolute Gasteiger partial charge is 0.392 e. The van der Waals surface area contributed by atoms with Crippen molar-refractivity contribution in [3.05, 3.63) is 72.9 Å². The van der Waals surface area contributed by atoms with Gasteiger partial charge in [0.05, 0.1) is 24.0 Å². The van der Waals surface area contributed by atoms with Crippen LogP contribution in [0.4, 0.5) is 8.78 Å². The van der Waals surface area contributed by atoms with Crippen LogP contribution in [-0.2, 0) is 20.2 Å². The number of rotatable bonds is 6. The van der Waals surface area contributed by atoms with Crippen molar-refractivity contribution in [1.29, 1.82) is 0 Å². The molecule has 0 spiro atoms. The molecule has 0 unspecified atom stereocenters. The van der Waals surface area contributed by atoms with Crippen molar-refractivity contribution >= 4 is 10.9 Å². The van der Waals surface area contributed by atoms with Crippen LogP contribution in [0.15, 0.2) is 67.4 Å². The van der Waals surface area contributed by atoms with E-state index in [9.17, 15) is 13.9 Å². The van der Waals surface area contributed by atoms with Crippen molar-refractivity contribution in [1.82, 2.24) is 29.5 Å². The van der Waals surface area contributed by atoms with Gasteiger partial charge in [-0.25, -0.2) is 18.7 Å². The highest BCUT2D eigenvalue weighted by molar-refractivity contribution is 5.98. The average Bonchev–Trinajstić information content (AvgIpc) is 3.44. The third-order valence-corrected chi connectivity index (χ3v) is 5.44. The fourth-order valence-electron chi connectivity index (χ4n) is 3.96. The van der Waals surface area contributed by atoms with Crippen molar-refractivity contribution in [2.45, 2.75) is 19.6 Å². The molecule has 0 radical (unpaired) electrons. The molecule has 2 aromatic carbocycles. The normalized spacial score (nSPS) is 11.5. The number of aromatic nitrogens is 6. The van der Waals surface area contributed by atoms with Gasteiger partial charge < -0.3 is 5.11 Å². The van der Waals surface area contributed by atoms with Gasteiger partial charge in [0, 0.05) is 41.5 Å². The molecule has 166 valence electrons. The van der Waals surface area contributed by atoms with Crippen molar-refractivity contribution in [3.63, 3.8) is 0 Å². The number of aryl methyl sites for hydroxylation is 1. The average molecular weight is 446 g/mol. The fraction of sp³-hybridized carbons (Fsp3) is 0.167. The molecule has 0 saturated heterocycles. The predicted octanol–water partition coefficient (Wildman–Crippen LogP) is 4.32. The molecule has 0 bridgehead atoms. The maximum Gasteiger partial charge on any atom is 0.257 e. The fourth-order valence-corrected chi connectivity index (χ4v) is 3.96. The Labute approximate surface area is 188 Å². The second-order valence-corrected chi connectivity index (χ2v) is 7.68. The summed E-state index contributed by atoms with van der Waals surface area (Å²) in [6.07, 6.45) is 4.09. The van der Waals surface area contributed by atoms with Gasteiger partial charge in [0.15, 0.2) is 0 Å². The number of alkyl halides is 2. The van der Waals surface area contributed by atoms with E-state index in [1.807, 2.05) is 55.7 Å². The lowest BCUT2D eigenvalue weighted by atomic mass is 9.97. The monoisotopic (exact) mass is 446 g/mol. The van der Waals surface area contributed by atoms with Gasteiger partial charge in [-0.3, -0.25) is 9.36 Å². The molecule has 5 rings (SSSR count). The zero-order valence-corrected chi connectivity index (χ0v) is 17.7. The summed E-state index contributed by atoms with van der Waals surface area (Å²) in [5, 5.41) is 19.4. The highest BCUT2D eigenvalue weighted by Crippen LogP contribution is 2.36. The van der Waals surface area contributed by atoms with Crippen molar-refractivity contribution in [2.24, 2.45) is 7.05 Å². The van der Waals surface area contributed by atoms with Gasteiger partial charge in [-0.15, -0.1) is 0 Å². The van der Waals surface area contributed by atoms with E-state index >= 15 is 0 Å². The van der Waals surface area contributed by atoms with Gasteiger partial charge in [0.2, 0.25) is 0 Å². The molecule has 0 amide bonds. The molecule has 3 heterocycles. The number of benzene rings is 2. The van der Waals surface area contributed by atoms with E-state index in [1.165, 1.54) is 11.0 Å². The number of hydrogen-bond acceptors (Lipinski definition) is 5. The first-order valence-corrected chi connectivity index (χ1v) is 10.3. The minimum Gasteiger partial charge on any atom is -0.392 e. The molecule has 3 aromatic heterocycles. The van der Waals surface area contributed by atoms with Crippen LogP contribution < -0.4 is 0 Å². The minimum atomic E-state index is -2.54. The van der Waals surface area contributed by atoms with E-state index in [4.69, 9.17) is 0 Å². The number of hydrogen-bond donors (Lipinski definition) is 1.